The van der Waals surface area contributed by atoms with E-state index in [1.807, 2.05) is 0 Å². The Hall–Kier alpha value is -1.08. The maximum Gasteiger partial charge on any atom is 0.0646 e. The lowest BCUT2D eigenvalue weighted by Crippen LogP contribution is -2.34. The number of hydrogen-bond donors (Lipinski definition) is 0. The fourth-order valence-electron chi connectivity index (χ4n) is 2.85. The second kappa shape index (κ2) is 6.19. The summed E-state index contributed by atoms with van der Waals surface area (Å²) in [5.41, 5.74) is 2.68. The Balaban J connectivity index is 1.94. The van der Waals surface area contributed by atoms with Crippen molar-refractivity contribution in [2.75, 3.05) is 0 Å². The zero-order chi connectivity index (χ0) is 13.0. The Bertz CT molecular complexity index is 382. The summed E-state index contributed by atoms with van der Waals surface area (Å²) in [5.74, 6) is 0.546. The van der Waals surface area contributed by atoms with Crippen molar-refractivity contribution < 1.29 is 4.74 Å². The van der Waals surface area contributed by atoms with Crippen LogP contribution < -0.4 is 0 Å². The molecule has 0 aromatic heterocycles. The Morgan fingerprint density at radius 2 is 2.00 bits per heavy atom. The number of benzene rings is 1. The van der Waals surface area contributed by atoms with Gasteiger partial charge in [-0.2, -0.15) is 0 Å². The third-order valence-corrected chi connectivity index (χ3v) is 3.93. The van der Waals surface area contributed by atoms with Gasteiger partial charge in [-0.25, -0.2) is 0 Å². The molecule has 1 heterocycles. The number of hydrogen-bond acceptors (Lipinski definition) is 1. The third kappa shape index (κ3) is 3.46. The van der Waals surface area contributed by atoms with Crippen molar-refractivity contribution in [3.63, 3.8) is 0 Å². The van der Waals surface area contributed by atoms with Gasteiger partial charge in [0.1, 0.15) is 0 Å². The van der Waals surface area contributed by atoms with E-state index >= 15 is 0 Å². The van der Waals surface area contributed by atoms with Crippen LogP contribution in [0.1, 0.15) is 38.7 Å². The first-order valence-electron chi connectivity index (χ1n) is 7.01. The normalized spacial score (nSPS) is 28.0. The molecule has 1 fully saturated rings. The summed E-state index contributed by atoms with van der Waals surface area (Å²) in [6.45, 7) is 8.45. The van der Waals surface area contributed by atoms with Crippen LogP contribution in [0.4, 0.5) is 0 Å². The van der Waals surface area contributed by atoms with Gasteiger partial charge in [0.2, 0.25) is 0 Å². The van der Waals surface area contributed by atoms with E-state index in [1.165, 1.54) is 24.0 Å². The molecule has 0 radical (unpaired) electrons. The molecular formula is C17H24O. The molecule has 18 heavy (non-hydrogen) atoms. The summed E-state index contributed by atoms with van der Waals surface area (Å²) in [7, 11) is 0. The molecule has 1 heteroatoms. The minimum absolute atomic E-state index is 0.353. The van der Waals surface area contributed by atoms with Gasteiger partial charge in [0.15, 0.2) is 0 Å². The zero-order valence-corrected chi connectivity index (χ0v) is 11.6. The molecule has 0 aliphatic carbocycles. The van der Waals surface area contributed by atoms with E-state index in [2.05, 4.69) is 50.8 Å². The maximum atomic E-state index is 6.12. The number of ether oxygens (including phenoxy) is 1. The molecule has 0 saturated carbocycles. The Morgan fingerprint density at radius 3 is 2.67 bits per heavy atom. The van der Waals surface area contributed by atoms with Crippen LogP contribution in [-0.4, -0.2) is 12.2 Å². The molecule has 1 aliphatic heterocycles. The minimum Gasteiger partial charge on any atom is -0.375 e. The highest BCUT2D eigenvalue weighted by Gasteiger charge is 2.29. The van der Waals surface area contributed by atoms with Crippen LogP contribution in [0.5, 0.6) is 0 Å². The van der Waals surface area contributed by atoms with Crippen molar-refractivity contribution in [3.8, 4) is 0 Å². The van der Waals surface area contributed by atoms with Crippen LogP contribution in [0.15, 0.2) is 42.5 Å². The van der Waals surface area contributed by atoms with Gasteiger partial charge < -0.3 is 4.74 Å². The van der Waals surface area contributed by atoms with Crippen molar-refractivity contribution in [1.29, 1.82) is 0 Å². The molecule has 1 aromatic rings. The minimum atomic E-state index is 0.353. The predicted molar refractivity (Wildman–Crippen MR) is 76.6 cm³/mol. The van der Waals surface area contributed by atoms with Crippen molar-refractivity contribution in [3.05, 3.63) is 48.0 Å². The summed E-state index contributed by atoms with van der Waals surface area (Å²) in [5, 5.41) is 0. The predicted octanol–water partition coefficient (Wildman–Crippen LogP) is 4.38. The van der Waals surface area contributed by atoms with E-state index in [-0.39, 0.29) is 0 Å². The topological polar surface area (TPSA) is 9.23 Å². The lowest BCUT2D eigenvalue weighted by Gasteiger charge is -2.36. The smallest absolute Gasteiger partial charge is 0.0646 e. The van der Waals surface area contributed by atoms with Gasteiger partial charge in [0.25, 0.3) is 0 Å². The molecule has 3 unspecified atom stereocenters. The molecule has 0 amide bonds. The summed E-state index contributed by atoms with van der Waals surface area (Å²) >= 11 is 0. The second-order valence-electron chi connectivity index (χ2n) is 5.54. The number of aryl methyl sites for hydroxylation is 1. The molecule has 98 valence electrons. The summed E-state index contributed by atoms with van der Waals surface area (Å²) in [6, 6.07) is 10.7. The van der Waals surface area contributed by atoms with Crippen LogP contribution in [-0.2, 0) is 11.2 Å². The Kier molecular flexibility index (Phi) is 4.60. The van der Waals surface area contributed by atoms with Gasteiger partial charge in [0.05, 0.1) is 12.2 Å². The van der Waals surface area contributed by atoms with E-state index in [1.54, 1.807) is 0 Å². The lowest BCUT2D eigenvalue weighted by atomic mass is 9.84. The van der Waals surface area contributed by atoms with Crippen LogP contribution in [0.25, 0.3) is 0 Å². The van der Waals surface area contributed by atoms with Crippen LogP contribution in [0.2, 0.25) is 0 Å². The largest absolute Gasteiger partial charge is 0.375 e. The average molecular weight is 244 g/mol. The monoisotopic (exact) mass is 244 g/mol. The van der Waals surface area contributed by atoms with E-state index in [0.29, 0.717) is 18.1 Å². The van der Waals surface area contributed by atoms with Gasteiger partial charge in [-0.3, -0.25) is 0 Å². The highest BCUT2D eigenvalue weighted by Crippen LogP contribution is 2.32. The van der Waals surface area contributed by atoms with Crippen LogP contribution in [0.3, 0.4) is 0 Å². The van der Waals surface area contributed by atoms with Crippen LogP contribution in [0, 0.1) is 5.92 Å². The first-order chi connectivity index (χ1) is 8.66. The molecule has 0 N–H and O–H groups in total. The van der Waals surface area contributed by atoms with E-state index in [4.69, 9.17) is 4.74 Å². The third-order valence-electron chi connectivity index (χ3n) is 3.93. The van der Waals surface area contributed by atoms with Gasteiger partial charge in [-0.15, -0.1) is 0 Å². The standard InChI is InChI=1S/C17H24O/c1-13(2)16-11-9-14(3)18-17(16)12-10-15-7-5-4-6-8-15/h4-8,14,16-17H,1,9-12H2,2-3H3. The molecular weight excluding hydrogens is 220 g/mol. The molecule has 3 atom stereocenters. The second-order valence-corrected chi connectivity index (χ2v) is 5.54. The number of rotatable bonds is 4. The van der Waals surface area contributed by atoms with Crippen molar-refractivity contribution in [2.45, 2.75) is 51.7 Å². The maximum absolute atomic E-state index is 6.12. The molecule has 1 aliphatic rings. The molecule has 1 saturated heterocycles. The van der Waals surface area contributed by atoms with Gasteiger partial charge in [-0.1, -0.05) is 42.5 Å². The molecule has 0 spiro atoms. The molecule has 1 aromatic carbocycles. The van der Waals surface area contributed by atoms with Gasteiger partial charge in [0, 0.05) is 5.92 Å². The fourth-order valence-corrected chi connectivity index (χ4v) is 2.85. The SMILES string of the molecule is C=C(C)C1CCC(C)OC1CCc1ccccc1. The lowest BCUT2D eigenvalue weighted by molar-refractivity contribution is -0.0680. The summed E-state index contributed by atoms with van der Waals surface area (Å²) < 4.78 is 6.12. The highest BCUT2D eigenvalue weighted by atomic mass is 16.5. The zero-order valence-electron chi connectivity index (χ0n) is 11.6. The highest BCUT2D eigenvalue weighted by molar-refractivity contribution is 5.15. The van der Waals surface area contributed by atoms with E-state index in [9.17, 15) is 0 Å². The van der Waals surface area contributed by atoms with Crippen LogP contribution >= 0.6 is 0 Å². The van der Waals surface area contributed by atoms with Crippen molar-refractivity contribution >= 4 is 0 Å². The first kappa shape index (κ1) is 13.4. The quantitative estimate of drug-likeness (QED) is 0.714. The van der Waals surface area contributed by atoms with Gasteiger partial charge in [-0.05, 0) is 45.1 Å². The Morgan fingerprint density at radius 1 is 1.28 bits per heavy atom. The summed E-state index contributed by atoms with van der Waals surface area (Å²) in [4.78, 5) is 0. The summed E-state index contributed by atoms with van der Waals surface area (Å²) in [6.07, 6.45) is 5.36. The van der Waals surface area contributed by atoms with E-state index in [0.717, 1.165) is 12.8 Å². The van der Waals surface area contributed by atoms with Crippen molar-refractivity contribution in [1.82, 2.24) is 0 Å². The fraction of sp³-hybridized carbons (Fsp3) is 0.529. The Labute approximate surface area is 111 Å². The molecule has 1 nitrogen and oxygen atoms in total. The molecule has 0 bridgehead atoms. The molecule has 2 rings (SSSR count). The van der Waals surface area contributed by atoms with E-state index < -0.39 is 0 Å². The van der Waals surface area contributed by atoms with Crippen molar-refractivity contribution in [2.24, 2.45) is 5.92 Å². The van der Waals surface area contributed by atoms with Gasteiger partial charge >= 0.3 is 0 Å². The average Bonchev–Trinajstić information content (AvgIpc) is 2.37. The first-order valence-corrected chi connectivity index (χ1v) is 7.01.